The molecule has 17 heavy (non-hydrogen) atoms. The number of nitrogens with zero attached hydrogens (tertiary/aromatic N) is 2. The Morgan fingerprint density at radius 2 is 2.35 bits per heavy atom. The standard InChI is InChI=1S/C12H18N4O/c1-12(2)8-14-5-6-16(12)10-7-9(11(13)17)3-4-15-10/h3-4,7,14H,5-6,8H2,1-2H3,(H2,13,17). The fraction of sp³-hybridized carbons (Fsp3) is 0.500. The summed E-state index contributed by atoms with van der Waals surface area (Å²) in [6.45, 7) is 7.00. The average Bonchev–Trinajstić information content (AvgIpc) is 2.28. The Morgan fingerprint density at radius 3 is 3.00 bits per heavy atom. The van der Waals surface area contributed by atoms with E-state index in [9.17, 15) is 4.79 Å². The van der Waals surface area contributed by atoms with Gasteiger partial charge in [0.2, 0.25) is 5.91 Å². The molecule has 0 aromatic carbocycles. The Hall–Kier alpha value is -1.62. The molecule has 2 heterocycles. The number of piperazine rings is 1. The molecule has 1 aliphatic rings. The summed E-state index contributed by atoms with van der Waals surface area (Å²) >= 11 is 0. The van der Waals surface area contributed by atoms with Crippen LogP contribution in [0, 0.1) is 0 Å². The first-order chi connectivity index (χ1) is 8.00. The molecule has 0 spiro atoms. The Bertz CT molecular complexity index is 430. The molecule has 0 unspecified atom stereocenters. The number of carbonyl (C=O) groups excluding carboxylic acids is 1. The van der Waals surface area contributed by atoms with Crippen LogP contribution in [0.2, 0.25) is 0 Å². The summed E-state index contributed by atoms with van der Waals surface area (Å²) in [5.41, 5.74) is 5.77. The van der Waals surface area contributed by atoms with Crippen LogP contribution in [-0.4, -0.2) is 36.1 Å². The average molecular weight is 234 g/mol. The molecule has 3 N–H and O–H groups in total. The number of rotatable bonds is 2. The van der Waals surface area contributed by atoms with Crippen molar-refractivity contribution in [1.82, 2.24) is 10.3 Å². The van der Waals surface area contributed by atoms with Crippen LogP contribution in [0.3, 0.4) is 0 Å². The highest BCUT2D eigenvalue weighted by Gasteiger charge is 2.30. The number of amides is 1. The first kappa shape index (κ1) is 11.9. The van der Waals surface area contributed by atoms with Crippen molar-refractivity contribution in [3.05, 3.63) is 23.9 Å². The number of nitrogens with two attached hydrogens (primary N) is 1. The van der Waals surface area contributed by atoms with Crippen LogP contribution >= 0.6 is 0 Å². The van der Waals surface area contributed by atoms with Crippen LogP contribution in [0.5, 0.6) is 0 Å². The summed E-state index contributed by atoms with van der Waals surface area (Å²) in [5, 5.41) is 3.35. The summed E-state index contributed by atoms with van der Waals surface area (Å²) in [5.74, 6) is 0.398. The van der Waals surface area contributed by atoms with Gasteiger partial charge in [-0.15, -0.1) is 0 Å². The zero-order valence-corrected chi connectivity index (χ0v) is 10.2. The van der Waals surface area contributed by atoms with E-state index in [1.54, 1.807) is 18.3 Å². The fourth-order valence-electron chi connectivity index (χ4n) is 2.13. The van der Waals surface area contributed by atoms with Crippen LogP contribution in [0.25, 0.3) is 0 Å². The van der Waals surface area contributed by atoms with Crippen LogP contribution in [-0.2, 0) is 0 Å². The molecule has 0 aliphatic carbocycles. The molecule has 92 valence electrons. The molecule has 0 atom stereocenters. The summed E-state index contributed by atoms with van der Waals surface area (Å²) in [6.07, 6.45) is 1.63. The van der Waals surface area contributed by atoms with Gasteiger partial charge in [0.05, 0.1) is 0 Å². The Morgan fingerprint density at radius 1 is 1.59 bits per heavy atom. The predicted octanol–water partition coefficient (Wildman–Crippen LogP) is 0.369. The maximum atomic E-state index is 11.2. The third-order valence-corrected chi connectivity index (χ3v) is 3.11. The van der Waals surface area contributed by atoms with Gasteiger partial charge in [0.25, 0.3) is 0 Å². The maximum Gasteiger partial charge on any atom is 0.248 e. The molecule has 2 rings (SSSR count). The lowest BCUT2D eigenvalue weighted by Crippen LogP contribution is -2.58. The summed E-state index contributed by atoms with van der Waals surface area (Å²) < 4.78 is 0. The van der Waals surface area contributed by atoms with Gasteiger partial charge in [-0.1, -0.05) is 0 Å². The monoisotopic (exact) mass is 234 g/mol. The van der Waals surface area contributed by atoms with E-state index < -0.39 is 5.91 Å². The number of nitrogens with one attached hydrogen (secondary N) is 1. The van der Waals surface area contributed by atoms with Gasteiger partial charge in [0, 0.05) is 36.9 Å². The molecule has 1 fully saturated rings. The normalized spacial score (nSPS) is 19.1. The minimum Gasteiger partial charge on any atom is -0.366 e. The number of aromatic nitrogens is 1. The van der Waals surface area contributed by atoms with Gasteiger partial charge >= 0.3 is 0 Å². The van der Waals surface area contributed by atoms with Crippen molar-refractivity contribution in [2.24, 2.45) is 5.73 Å². The lowest BCUT2D eigenvalue weighted by atomic mass is 10.00. The van der Waals surface area contributed by atoms with Crippen molar-refractivity contribution >= 4 is 11.7 Å². The molecule has 1 amide bonds. The van der Waals surface area contributed by atoms with E-state index in [1.165, 1.54) is 0 Å². The molecular formula is C12H18N4O. The van der Waals surface area contributed by atoms with Crippen LogP contribution in [0.15, 0.2) is 18.3 Å². The summed E-state index contributed by atoms with van der Waals surface area (Å²) in [4.78, 5) is 17.7. The van der Waals surface area contributed by atoms with Crippen molar-refractivity contribution in [1.29, 1.82) is 0 Å². The molecule has 5 nitrogen and oxygen atoms in total. The van der Waals surface area contributed by atoms with Crippen LogP contribution in [0.1, 0.15) is 24.2 Å². The molecule has 1 aromatic heterocycles. The van der Waals surface area contributed by atoms with Crippen molar-refractivity contribution in [3.8, 4) is 0 Å². The lowest BCUT2D eigenvalue weighted by Gasteiger charge is -2.43. The van der Waals surface area contributed by atoms with E-state index >= 15 is 0 Å². The minimum atomic E-state index is -0.415. The second-order valence-corrected chi connectivity index (χ2v) is 4.91. The first-order valence-electron chi connectivity index (χ1n) is 5.75. The van der Waals surface area contributed by atoms with E-state index in [2.05, 4.69) is 29.0 Å². The number of anilines is 1. The topological polar surface area (TPSA) is 71.2 Å². The van der Waals surface area contributed by atoms with Gasteiger partial charge in [-0.05, 0) is 26.0 Å². The molecule has 0 saturated carbocycles. The van der Waals surface area contributed by atoms with E-state index in [4.69, 9.17) is 5.73 Å². The number of pyridine rings is 1. The summed E-state index contributed by atoms with van der Waals surface area (Å²) in [6, 6.07) is 3.40. The molecular weight excluding hydrogens is 216 g/mol. The number of carbonyl (C=O) groups is 1. The molecule has 1 aliphatic heterocycles. The largest absolute Gasteiger partial charge is 0.366 e. The molecule has 5 heteroatoms. The van der Waals surface area contributed by atoms with E-state index in [0.29, 0.717) is 5.56 Å². The van der Waals surface area contributed by atoms with Crippen molar-refractivity contribution in [2.75, 3.05) is 24.5 Å². The number of primary amides is 1. The van der Waals surface area contributed by atoms with Crippen molar-refractivity contribution < 1.29 is 4.79 Å². The van der Waals surface area contributed by atoms with Gasteiger partial charge in [-0.3, -0.25) is 4.79 Å². The number of hydrogen-bond acceptors (Lipinski definition) is 4. The zero-order valence-electron chi connectivity index (χ0n) is 10.2. The van der Waals surface area contributed by atoms with Crippen molar-refractivity contribution in [2.45, 2.75) is 19.4 Å². The molecule has 1 aromatic rings. The van der Waals surface area contributed by atoms with Crippen LogP contribution in [0.4, 0.5) is 5.82 Å². The molecule has 0 bridgehead atoms. The fourth-order valence-corrected chi connectivity index (χ4v) is 2.13. The smallest absolute Gasteiger partial charge is 0.248 e. The third kappa shape index (κ3) is 2.39. The quantitative estimate of drug-likeness (QED) is 0.775. The van der Waals surface area contributed by atoms with E-state index in [0.717, 1.165) is 25.5 Å². The Kier molecular flexibility index (Phi) is 3.02. The minimum absolute atomic E-state index is 0.0124. The second-order valence-electron chi connectivity index (χ2n) is 4.91. The van der Waals surface area contributed by atoms with Gasteiger partial charge < -0.3 is 16.0 Å². The highest BCUT2D eigenvalue weighted by Crippen LogP contribution is 2.23. The Labute approximate surface area is 101 Å². The highest BCUT2D eigenvalue weighted by atomic mass is 16.1. The third-order valence-electron chi connectivity index (χ3n) is 3.11. The number of hydrogen-bond donors (Lipinski definition) is 2. The zero-order chi connectivity index (χ0) is 12.5. The molecule has 1 saturated heterocycles. The van der Waals surface area contributed by atoms with Gasteiger partial charge in [0.1, 0.15) is 5.82 Å². The van der Waals surface area contributed by atoms with Gasteiger partial charge in [-0.25, -0.2) is 4.98 Å². The summed E-state index contributed by atoms with van der Waals surface area (Å²) in [7, 11) is 0. The van der Waals surface area contributed by atoms with Gasteiger partial charge in [-0.2, -0.15) is 0 Å². The van der Waals surface area contributed by atoms with E-state index in [-0.39, 0.29) is 5.54 Å². The van der Waals surface area contributed by atoms with E-state index in [1.807, 2.05) is 0 Å². The predicted molar refractivity (Wildman–Crippen MR) is 67.0 cm³/mol. The molecule has 0 radical (unpaired) electrons. The highest BCUT2D eigenvalue weighted by molar-refractivity contribution is 5.93. The van der Waals surface area contributed by atoms with Gasteiger partial charge in [0.15, 0.2) is 0 Å². The SMILES string of the molecule is CC1(C)CNCCN1c1cc(C(N)=O)ccn1. The van der Waals surface area contributed by atoms with Crippen molar-refractivity contribution in [3.63, 3.8) is 0 Å². The lowest BCUT2D eigenvalue weighted by molar-refractivity contribution is 0.1000. The first-order valence-corrected chi connectivity index (χ1v) is 5.75. The Balaban J connectivity index is 2.32. The second kappa shape index (κ2) is 4.33. The maximum absolute atomic E-state index is 11.2. The van der Waals surface area contributed by atoms with Crippen LogP contribution < -0.4 is 16.0 Å².